The van der Waals surface area contributed by atoms with Crippen LogP contribution in [-0.2, 0) is 14.3 Å². The van der Waals surface area contributed by atoms with Crippen molar-refractivity contribution in [3.8, 4) is 45.8 Å². The zero-order valence-electron chi connectivity index (χ0n) is 26.3. The molecule has 2 heterocycles. The Morgan fingerprint density at radius 1 is 0.809 bits per heavy atom. The van der Waals surface area contributed by atoms with Crippen molar-refractivity contribution in [2.75, 3.05) is 47.9 Å². The first-order valence-corrected chi connectivity index (χ1v) is 17.3. The number of hydrogen-bond acceptors (Lipinski definition) is 13. The highest BCUT2D eigenvalue weighted by molar-refractivity contribution is 8.40. The van der Waals surface area contributed by atoms with Gasteiger partial charge in [0.2, 0.25) is 16.9 Å². The van der Waals surface area contributed by atoms with Crippen molar-refractivity contribution in [1.82, 2.24) is 0 Å². The van der Waals surface area contributed by atoms with Crippen LogP contribution in [0.5, 0.6) is 34.5 Å². The fourth-order valence-electron chi connectivity index (χ4n) is 4.81. The second-order valence-corrected chi connectivity index (χ2v) is 13.5. The van der Waals surface area contributed by atoms with E-state index in [4.69, 9.17) is 37.0 Å². The van der Waals surface area contributed by atoms with E-state index in [1.165, 1.54) is 47.7 Å². The molecule has 1 unspecified atom stereocenters. The first kappa shape index (κ1) is 33.5. The van der Waals surface area contributed by atoms with Gasteiger partial charge in [-0.2, -0.15) is 8.42 Å². The maximum absolute atomic E-state index is 14.0. The van der Waals surface area contributed by atoms with Gasteiger partial charge in [0.1, 0.15) is 27.4 Å². The Bertz CT molecular complexity index is 1950. The van der Waals surface area contributed by atoms with Crippen molar-refractivity contribution >= 4 is 42.8 Å². The topological polar surface area (TPSA) is 154 Å². The molecule has 1 aromatic heterocycles. The smallest absolute Gasteiger partial charge is 0.341 e. The second-order valence-electron chi connectivity index (χ2n) is 9.92. The van der Waals surface area contributed by atoms with E-state index in [0.717, 1.165) is 0 Å². The van der Waals surface area contributed by atoms with Crippen molar-refractivity contribution in [1.29, 1.82) is 0 Å². The summed E-state index contributed by atoms with van der Waals surface area (Å²) in [5, 5.41) is 8.05. The minimum absolute atomic E-state index is 0.0325. The van der Waals surface area contributed by atoms with E-state index < -0.39 is 26.4 Å². The van der Waals surface area contributed by atoms with Gasteiger partial charge in [-0.25, -0.2) is 0 Å². The maximum atomic E-state index is 14.0. The standard InChI is InChI=1S/C32H34N2O11S2/c1-38-21-17-23(39-2)27-24(18-21)44-29(20-15-25(40-3)30(42-5)26(16-20)41-4)31(28(27)35)43-13-9-10-14-46-19-33-34-32(46)45-47(36,37)22-11-7-6-8-12-22/h6-8,11-12,15-19,46H,9-10,13-14H2,1-5H3. The van der Waals surface area contributed by atoms with Crippen molar-refractivity contribution in [3.05, 3.63) is 64.8 Å². The van der Waals surface area contributed by atoms with Crippen LogP contribution >= 0.6 is 10.9 Å². The van der Waals surface area contributed by atoms with Gasteiger partial charge < -0.3 is 37.0 Å². The lowest BCUT2D eigenvalue weighted by molar-refractivity contribution is 0.301. The quantitative estimate of drug-likeness (QED) is 0.103. The van der Waals surface area contributed by atoms with E-state index in [2.05, 4.69) is 10.2 Å². The molecule has 0 saturated carbocycles. The summed E-state index contributed by atoms with van der Waals surface area (Å²) in [7, 11) is 2.19. The molecule has 1 atom stereocenters. The lowest BCUT2D eigenvalue weighted by Crippen LogP contribution is -2.14. The van der Waals surface area contributed by atoms with Crippen LogP contribution in [0, 0.1) is 0 Å². The number of benzene rings is 3. The van der Waals surface area contributed by atoms with Gasteiger partial charge >= 0.3 is 10.1 Å². The molecular formula is C32H34N2O11S2. The van der Waals surface area contributed by atoms with Crippen LogP contribution in [0.3, 0.4) is 0 Å². The van der Waals surface area contributed by atoms with Gasteiger partial charge in [-0.15, -0.1) is 21.1 Å². The van der Waals surface area contributed by atoms with E-state index >= 15 is 0 Å². The molecule has 0 bridgehead atoms. The first-order chi connectivity index (χ1) is 22.7. The van der Waals surface area contributed by atoms with Gasteiger partial charge in [0, 0.05) is 17.7 Å². The average Bonchev–Trinajstić information content (AvgIpc) is 3.53. The number of hydrogen-bond donors (Lipinski definition) is 1. The molecule has 1 aliphatic heterocycles. The zero-order valence-corrected chi connectivity index (χ0v) is 28.1. The highest BCUT2D eigenvalue weighted by atomic mass is 32.2. The normalized spacial score (nSPS) is 14.8. The van der Waals surface area contributed by atoms with E-state index in [9.17, 15) is 13.2 Å². The average molecular weight is 687 g/mol. The van der Waals surface area contributed by atoms with Crippen molar-refractivity contribution < 1.29 is 45.4 Å². The Kier molecular flexibility index (Phi) is 10.5. The molecule has 250 valence electrons. The maximum Gasteiger partial charge on any atom is 0.341 e. The number of thiol groups is 1. The second kappa shape index (κ2) is 14.7. The molecule has 13 nitrogen and oxygen atoms in total. The summed E-state index contributed by atoms with van der Waals surface area (Å²) in [5.41, 5.74) is 1.82. The van der Waals surface area contributed by atoms with Crippen LogP contribution in [0.25, 0.3) is 22.3 Å². The molecule has 5 rings (SSSR count). The predicted octanol–water partition coefficient (Wildman–Crippen LogP) is 5.38. The van der Waals surface area contributed by atoms with Gasteiger partial charge in [0.15, 0.2) is 17.3 Å². The molecule has 0 aliphatic carbocycles. The number of nitrogens with zero attached hydrogens (tertiary/aromatic N) is 2. The monoisotopic (exact) mass is 686 g/mol. The van der Waals surface area contributed by atoms with Crippen LogP contribution in [0.1, 0.15) is 12.8 Å². The summed E-state index contributed by atoms with van der Waals surface area (Å²) in [6.07, 6.45) is 1.11. The Balaban J connectivity index is 1.39. The van der Waals surface area contributed by atoms with Crippen molar-refractivity contribution in [2.24, 2.45) is 10.2 Å². The summed E-state index contributed by atoms with van der Waals surface area (Å²) < 4.78 is 70.6. The van der Waals surface area contributed by atoms with Gasteiger partial charge in [-0.05, 0) is 42.9 Å². The number of unbranched alkanes of at least 4 members (excludes halogenated alkanes) is 1. The summed E-state index contributed by atoms with van der Waals surface area (Å²) in [6.45, 7) is 0.141. The van der Waals surface area contributed by atoms with Crippen molar-refractivity contribution in [2.45, 2.75) is 17.7 Å². The minimum atomic E-state index is -4.03. The molecule has 0 spiro atoms. The van der Waals surface area contributed by atoms with E-state index in [0.29, 0.717) is 47.2 Å². The fourth-order valence-corrected chi connectivity index (χ4v) is 7.62. The molecule has 47 heavy (non-hydrogen) atoms. The SMILES string of the molecule is COc1cc(OC)c2c(=O)c(OCCCC[SH]3C=NN=C3OS(=O)(=O)c3ccccc3)c(-c3cc(OC)c(OC)c(OC)c3)oc2c1. The molecule has 15 heteroatoms. The molecule has 0 amide bonds. The third kappa shape index (κ3) is 7.10. The number of rotatable bonds is 14. The summed E-state index contributed by atoms with van der Waals surface area (Å²) >= 11 is 0. The highest BCUT2D eigenvalue weighted by Crippen LogP contribution is 2.44. The van der Waals surface area contributed by atoms with Crippen LogP contribution in [0.2, 0.25) is 0 Å². The van der Waals surface area contributed by atoms with E-state index in [1.807, 2.05) is 0 Å². The van der Waals surface area contributed by atoms with Gasteiger partial charge in [0.25, 0.3) is 5.23 Å². The number of ether oxygens (including phenoxy) is 6. The Morgan fingerprint density at radius 3 is 2.15 bits per heavy atom. The molecule has 0 saturated heterocycles. The molecular weight excluding hydrogens is 652 g/mol. The van der Waals surface area contributed by atoms with E-state index in [-0.39, 0.29) is 45.0 Å². The van der Waals surface area contributed by atoms with Crippen LogP contribution in [-0.4, -0.2) is 67.1 Å². The highest BCUT2D eigenvalue weighted by Gasteiger charge is 2.26. The van der Waals surface area contributed by atoms with Crippen LogP contribution in [0.15, 0.2) is 78.9 Å². The Labute approximate surface area is 274 Å². The molecule has 0 fully saturated rings. The number of methoxy groups -OCH3 is 5. The third-order valence-corrected chi connectivity index (χ3v) is 10.3. The van der Waals surface area contributed by atoms with Gasteiger partial charge in [-0.1, -0.05) is 18.2 Å². The van der Waals surface area contributed by atoms with E-state index in [1.54, 1.807) is 48.0 Å². The zero-order chi connectivity index (χ0) is 33.6. The lowest BCUT2D eigenvalue weighted by atomic mass is 10.1. The molecule has 0 radical (unpaired) electrons. The molecule has 4 aromatic rings. The Hall–Kier alpha value is -4.89. The van der Waals surface area contributed by atoms with Crippen LogP contribution in [0.4, 0.5) is 0 Å². The molecule has 1 aliphatic rings. The predicted molar refractivity (Wildman–Crippen MR) is 180 cm³/mol. The fraction of sp³-hybridized carbons (Fsp3) is 0.281. The van der Waals surface area contributed by atoms with Gasteiger partial charge in [0.05, 0.1) is 47.7 Å². The summed E-state index contributed by atoms with van der Waals surface area (Å²) in [6, 6.07) is 14.3. The lowest BCUT2D eigenvalue weighted by Gasteiger charge is -2.17. The first-order valence-electron chi connectivity index (χ1n) is 14.3. The molecule has 0 N–H and O–H groups in total. The summed E-state index contributed by atoms with van der Waals surface area (Å²) in [5.74, 6) is 2.42. The van der Waals surface area contributed by atoms with Crippen molar-refractivity contribution in [3.63, 3.8) is 0 Å². The third-order valence-electron chi connectivity index (χ3n) is 7.11. The summed E-state index contributed by atoms with van der Waals surface area (Å²) in [4.78, 5) is 14.0. The minimum Gasteiger partial charge on any atom is -0.496 e. The van der Waals surface area contributed by atoms with Gasteiger partial charge in [-0.3, -0.25) is 4.79 Å². The molecule has 3 aromatic carbocycles. The Morgan fingerprint density at radius 2 is 1.51 bits per heavy atom. The van der Waals surface area contributed by atoms with Crippen LogP contribution < -0.4 is 33.8 Å². The largest absolute Gasteiger partial charge is 0.496 e. The number of fused-ring (bicyclic) bond motifs is 1.